The Balaban J connectivity index is 2.27. The summed E-state index contributed by atoms with van der Waals surface area (Å²) in [4.78, 5) is 0.138. The molecule has 0 radical (unpaired) electrons. The van der Waals surface area contributed by atoms with Gasteiger partial charge in [0.2, 0.25) is 0 Å². The number of sulfone groups is 1. The van der Waals surface area contributed by atoms with Crippen LogP contribution in [0.5, 0.6) is 0 Å². The second-order valence-electron chi connectivity index (χ2n) is 5.43. The van der Waals surface area contributed by atoms with Gasteiger partial charge in [0.25, 0.3) is 0 Å². The van der Waals surface area contributed by atoms with E-state index in [9.17, 15) is 12.8 Å². The molecule has 0 aromatic heterocycles. The maximum absolute atomic E-state index is 13.7. The lowest BCUT2D eigenvalue weighted by Gasteiger charge is -2.22. The van der Waals surface area contributed by atoms with Gasteiger partial charge < -0.3 is 5.32 Å². The first-order valence-corrected chi connectivity index (χ1v) is 7.88. The molecular weight excluding hydrogens is 253 g/mol. The van der Waals surface area contributed by atoms with Gasteiger partial charge >= 0.3 is 0 Å². The molecule has 0 bridgehead atoms. The zero-order chi connectivity index (χ0) is 13.6. The van der Waals surface area contributed by atoms with E-state index in [1.165, 1.54) is 18.2 Å². The van der Waals surface area contributed by atoms with Crippen molar-refractivity contribution < 1.29 is 12.8 Å². The fourth-order valence-electron chi connectivity index (χ4n) is 1.88. The Labute approximate surface area is 107 Å². The summed E-state index contributed by atoms with van der Waals surface area (Å²) in [6.45, 7) is 4.14. The van der Waals surface area contributed by atoms with E-state index in [-0.39, 0.29) is 22.0 Å². The second kappa shape index (κ2) is 4.23. The molecule has 1 atom stereocenters. The lowest BCUT2D eigenvalue weighted by atomic mass is 10.0. The summed E-state index contributed by atoms with van der Waals surface area (Å²) >= 11 is 0. The molecule has 1 unspecified atom stereocenters. The van der Waals surface area contributed by atoms with Crippen molar-refractivity contribution in [2.45, 2.75) is 37.6 Å². The fraction of sp³-hybridized carbons (Fsp3) is 0.538. The normalized spacial score (nSPS) is 19.3. The minimum atomic E-state index is -3.30. The van der Waals surface area contributed by atoms with Gasteiger partial charge in [-0.05, 0) is 43.4 Å². The first-order chi connectivity index (χ1) is 8.22. The summed E-state index contributed by atoms with van der Waals surface area (Å²) in [5, 5.41) is 3.09. The molecule has 5 heteroatoms. The van der Waals surface area contributed by atoms with Crippen molar-refractivity contribution in [1.29, 1.82) is 0 Å². The number of rotatable bonds is 4. The van der Waals surface area contributed by atoms with Gasteiger partial charge in [-0.15, -0.1) is 0 Å². The van der Waals surface area contributed by atoms with E-state index in [0.717, 1.165) is 19.1 Å². The van der Waals surface area contributed by atoms with E-state index in [2.05, 4.69) is 12.2 Å². The number of anilines is 1. The molecule has 1 saturated carbocycles. The third-order valence-corrected chi connectivity index (χ3v) is 4.93. The van der Waals surface area contributed by atoms with E-state index in [1.807, 2.05) is 6.92 Å². The first-order valence-electron chi connectivity index (χ1n) is 5.98. The predicted molar refractivity (Wildman–Crippen MR) is 69.9 cm³/mol. The van der Waals surface area contributed by atoms with Gasteiger partial charge in [-0.1, -0.05) is 6.92 Å². The number of hydrogen-bond donors (Lipinski definition) is 1. The zero-order valence-corrected chi connectivity index (χ0v) is 11.6. The first kappa shape index (κ1) is 13.3. The quantitative estimate of drug-likeness (QED) is 0.857. The van der Waals surface area contributed by atoms with Gasteiger partial charge in [-0.25, -0.2) is 12.8 Å². The van der Waals surface area contributed by atoms with Gasteiger partial charge in [0.1, 0.15) is 5.82 Å². The van der Waals surface area contributed by atoms with Crippen LogP contribution in [-0.2, 0) is 9.84 Å². The van der Waals surface area contributed by atoms with Crippen LogP contribution in [0.3, 0.4) is 0 Å². The van der Waals surface area contributed by atoms with E-state index in [0.29, 0.717) is 0 Å². The Hall–Kier alpha value is -1.10. The molecule has 1 aliphatic carbocycles. The molecule has 1 fully saturated rings. The van der Waals surface area contributed by atoms with Crippen molar-refractivity contribution in [1.82, 2.24) is 0 Å². The van der Waals surface area contributed by atoms with E-state index in [1.54, 1.807) is 0 Å². The maximum atomic E-state index is 13.7. The summed E-state index contributed by atoms with van der Waals surface area (Å²) in [5.74, 6) is -0.418. The predicted octanol–water partition coefficient (Wildman–Crippen LogP) is 2.83. The fourth-order valence-corrected chi connectivity index (χ4v) is 2.53. The molecule has 0 heterocycles. The molecule has 0 spiro atoms. The Morgan fingerprint density at radius 1 is 1.39 bits per heavy atom. The van der Waals surface area contributed by atoms with Gasteiger partial charge in [0.15, 0.2) is 9.84 Å². The molecular formula is C13H18FNO2S. The van der Waals surface area contributed by atoms with Crippen LogP contribution in [0.1, 0.15) is 26.7 Å². The third-order valence-electron chi connectivity index (χ3n) is 3.82. The molecule has 3 nitrogen and oxygen atoms in total. The minimum absolute atomic E-state index is 0.127. The Morgan fingerprint density at radius 3 is 2.50 bits per heavy atom. The van der Waals surface area contributed by atoms with Crippen LogP contribution in [0.25, 0.3) is 0 Å². The van der Waals surface area contributed by atoms with Crippen LogP contribution in [0.4, 0.5) is 10.1 Å². The topological polar surface area (TPSA) is 46.2 Å². The molecule has 1 N–H and O–H groups in total. The van der Waals surface area contributed by atoms with E-state index in [4.69, 9.17) is 0 Å². The van der Waals surface area contributed by atoms with Gasteiger partial charge in [0.05, 0.1) is 10.6 Å². The van der Waals surface area contributed by atoms with Crippen LogP contribution >= 0.6 is 0 Å². The number of benzene rings is 1. The lowest BCUT2D eigenvalue weighted by Crippen LogP contribution is -2.25. The maximum Gasteiger partial charge on any atom is 0.175 e. The van der Waals surface area contributed by atoms with Crippen LogP contribution in [0, 0.1) is 11.2 Å². The highest BCUT2D eigenvalue weighted by Gasteiger charge is 2.42. The highest BCUT2D eigenvalue weighted by Crippen LogP contribution is 2.48. The molecule has 1 aromatic rings. The van der Waals surface area contributed by atoms with Crippen molar-refractivity contribution in [3.05, 3.63) is 24.0 Å². The van der Waals surface area contributed by atoms with Gasteiger partial charge in [0, 0.05) is 12.3 Å². The van der Waals surface area contributed by atoms with Gasteiger partial charge in [-0.3, -0.25) is 0 Å². The number of hydrogen-bond acceptors (Lipinski definition) is 3. The van der Waals surface area contributed by atoms with Crippen molar-refractivity contribution in [2.75, 3.05) is 11.6 Å². The lowest BCUT2D eigenvalue weighted by molar-refractivity contribution is 0.490. The highest BCUT2D eigenvalue weighted by atomic mass is 32.2. The van der Waals surface area contributed by atoms with Crippen molar-refractivity contribution in [3.63, 3.8) is 0 Å². The second-order valence-corrected chi connectivity index (χ2v) is 7.45. The molecule has 100 valence electrons. The molecule has 2 rings (SSSR count). The van der Waals surface area contributed by atoms with Crippen LogP contribution in [-0.4, -0.2) is 20.7 Å². The van der Waals surface area contributed by atoms with Crippen LogP contribution in [0.15, 0.2) is 23.1 Å². The molecule has 0 saturated heterocycles. The molecule has 0 aliphatic heterocycles. The summed E-state index contributed by atoms with van der Waals surface area (Å²) in [6, 6.07) is 3.98. The van der Waals surface area contributed by atoms with E-state index >= 15 is 0 Å². The smallest absolute Gasteiger partial charge is 0.175 e. The summed E-state index contributed by atoms with van der Waals surface area (Å²) in [6.07, 6.45) is 3.36. The average molecular weight is 271 g/mol. The van der Waals surface area contributed by atoms with Crippen molar-refractivity contribution in [2.24, 2.45) is 5.41 Å². The van der Waals surface area contributed by atoms with Crippen molar-refractivity contribution in [3.8, 4) is 0 Å². The number of nitrogens with one attached hydrogen (secondary N) is 1. The molecule has 18 heavy (non-hydrogen) atoms. The SMILES string of the molecule is CC(Nc1cc(S(C)(=O)=O)ccc1F)C1(C)CC1. The highest BCUT2D eigenvalue weighted by molar-refractivity contribution is 7.90. The monoisotopic (exact) mass is 271 g/mol. The van der Waals surface area contributed by atoms with E-state index < -0.39 is 15.7 Å². The van der Waals surface area contributed by atoms with Crippen LogP contribution < -0.4 is 5.32 Å². The average Bonchev–Trinajstić information content (AvgIpc) is 2.99. The molecule has 0 amide bonds. The Kier molecular flexibility index (Phi) is 3.13. The zero-order valence-electron chi connectivity index (χ0n) is 10.8. The third kappa shape index (κ3) is 2.66. The molecule has 1 aliphatic rings. The molecule has 1 aromatic carbocycles. The summed E-state index contributed by atoms with van der Waals surface area (Å²) < 4.78 is 36.6. The van der Waals surface area contributed by atoms with Gasteiger partial charge in [-0.2, -0.15) is 0 Å². The Bertz CT molecular complexity index is 564. The Morgan fingerprint density at radius 2 is 2.00 bits per heavy atom. The van der Waals surface area contributed by atoms with Crippen molar-refractivity contribution >= 4 is 15.5 Å². The minimum Gasteiger partial charge on any atom is -0.380 e. The standard InChI is InChI=1S/C13H18FNO2S/c1-9(13(2)6-7-13)15-12-8-10(18(3,16)17)4-5-11(12)14/h4-5,8-9,15H,6-7H2,1-3H3. The summed E-state index contributed by atoms with van der Waals surface area (Å²) in [7, 11) is -3.30. The van der Waals surface area contributed by atoms with Crippen LogP contribution in [0.2, 0.25) is 0 Å². The number of halogens is 1. The largest absolute Gasteiger partial charge is 0.380 e. The summed E-state index contributed by atoms with van der Waals surface area (Å²) in [5.41, 5.74) is 0.464.